The molecular formula is C36H53NO3. The monoisotopic (exact) mass is 547 g/mol. The van der Waals surface area contributed by atoms with Crippen LogP contribution in [0.1, 0.15) is 103 Å². The molecule has 0 unspecified atom stereocenters. The third kappa shape index (κ3) is 9.59. The molecule has 220 valence electrons. The Labute approximate surface area is 243 Å². The first kappa shape index (κ1) is 33.2. The molecule has 0 atom stereocenters. The van der Waals surface area contributed by atoms with Crippen molar-refractivity contribution in [2.45, 2.75) is 91.4 Å². The zero-order chi connectivity index (χ0) is 29.4. The van der Waals surface area contributed by atoms with Gasteiger partial charge in [0.2, 0.25) is 0 Å². The zero-order valence-electron chi connectivity index (χ0n) is 25.7. The fraction of sp³-hybridized carbons (Fsp3) is 0.500. The Morgan fingerprint density at radius 2 is 0.800 bits per heavy atom. The van der Waals surface area contributed by atoms with Crippen LogP contribution in [0.4, 0.5) is 0 Å². The number of unbranched alkanes of at least 4 members (excludes halogenated alkanes) is 4. The predicted octanol–water partition coefficient (Wildman–Crippen LogP) is 8.53. The fourth-order valence-electron chi connectivity index (χ4n) is 5.52. The third-order valence-corrected chi connectivity index (χ3v) is 8.27. The standard InChI is InChI=1S/C20H18O3.C16H36N/c1-20(14-2-8-17(21)9-3-14,15-4-10-18(22)11-5-15)16-6-12-19(23)13-7-16;1-5-9-13-17(14-10-6-2,15-11-7-3)16-12-8-4/h2-13,21-23H,1H3;5-16H2,1-4H3/q;+1/p-1. The summed E-state index contributed by atoms with van der Waals surface area (Å²) in [5, 5.41) is 30.6. The molecule has 0 saturated heterocycles. The highest BCUT2D eigenvalue weighted by Gasteiger charge is 2.31. The molecular weight excluding hydrogens is 494 g/mol. The predicted molar refractivity (Wildman–Crippen MR) is 167 cm³/mol. The second-order valence-corrected chi connectivity index (χ2v) is 11.4. The van der Waals surface area contributed by atoms with E-state index < -0.39 is 5.41 Å². The number of benzene rings is 3. The molecule has 3 rings (SSSR count). The number of aromatic hydroxyl groups is 2. The molecule has 0 spiro atoms. The van der Waals surface area contributed by atoms with E-state index in [9.17, 15) is 15.3 Å². The number of phenols is 2. The first-order valence-electron chi connectivity index (χ1n) is 15.5. The van der Waals surface area contributed by atoms with Gasteiger partial charge in [0.05, 0.1) is 26.2 Å². The van der Waals surface area contributed by atoms with Crippen LogP contribution in [0.25, 0.3) is 0 Å². The maximum Gasteiger partial charge on any atom is 0.115 e. The van der Waals surface area contributed by atoms with E-state index in [2.05, 4.69) is 34.6 Å². The van der Waals surface area contributed by atoms with Crippen LogP contribution in [0.3, 0.4) is 0 Å². The van der Waals surface area contributed by atoms with Gasteiger partial charge in [0.15, 0.2) is 0 Å². The molecule has 40 heavy (non-hydrogen) atoms. The summed E-state index contributed by atoms with van der Waals surface area (Å²) in [5.74, 6) is 0.376. The summed E-state index contributed by atoms with van der Waals surface area (Å²) >= 11 is 0. The van der Waals surface area contributed by atoms with Crippen LogP contribution in [0.5, 0.6) is 17.2 Å². The van der Waals surface area contributed by atoms with Crippen molar-refractivity contribution in [1.29, 1.82) is 0 Å². The number of hydrogen-bond donors (Lipinski definition) is 2. The molecule has 0 radical (unpaired) electrons. The maximum absolute atomic E-state index is 11.4. The van der Waals surface area contributed by atoms with Gasteiger partial charge in [-0.1, -0.05) is 102 Å². The summed E-state index contributed by atoms with van der Waals surface area (Å²) in [6, 6.07) is 20.8. The smallest absolute Gasteiger partial charge is 0.115 e. The first-order valence-corrected chi connectivity index (χ1v) is 15.5. The Balaban J connectivity index is 0.000000296. The van der Waals surface area contributed by atoms with Crippen LogP contribution in [0, 0.1) is 0 Å². The number of nitrogens with zero attached hydrogens (tertiary/aromatic N) is 1. The Morgan fingerprint density at radius 1 is 0.525 bits per heavy atom. The van der Waals surface area contributed by atoms with Gasteiger partial charge in [-0.05, 0) is 73.6 Å². The SMILES string of the molecule is CC(c1ccc([O-])cc1)(c1ccc(O)cc1)c1ccc(O)cc1.CCCC[N+](CCCC)(CCCC)CCCC. The molecule has 4 heteroatoms. The van der Waals surface area contributed by atoms with Crippen LogP contribution in [-0.2, 0) is 5.41 Å². The molecule has 0 heterocycles. The molecule has 3 aromatic rings. The van der Waals surface area contributed by atoms with Gasteiger partial charge in [-0.15, -0.1) is 5.75 Å². The third-order valence-electron chi connectivity index (χ3n) is 8.27. The van der Waals surface area contributed by atoms with E-state index in [1.807, 2.05) is 36.4 Å². The van der Waals surface area contributed by atoms with E-state index in [0.29, 0.717) is 0 Å². The quantitative estimate of drug-likeness (QED) is 0.148. The maximum atomic E-state index is 11.4. The van der Waals surface area contributed by atoms with Crippen molar-refractivity contribution in [2.75, 3.05) is 26.2 Å². The Bertz CT molecular complexity index is 926. The largest absolute Gasteiger partial charge is 0.872 e. The minimum absolute atomic E-state index is 0.0347. The van der Waals surface area contributed by atoms with Gasteiger partial charge >= 0.3 is 0 Å². The van der Waals surface area contributed by atoms with Crippen molar-refractivity contribution in [3.8, 4) is 17.2 Å². The molecule has 0 aromatic heterocycles. The van der Waals surface area contributed by atoms with Crippen molar-refractivity contribution >= 4 is 0 Å². The topological polar surface area (TPSA) is 63.5 Å². The van der Waals surface area contributed by atoms with Gasteiger partial charge in [0.1, 0.15) is 11.5 Å². The van der Waals surface area contributed by atoms with Crippen LogP contribution < -0.4 is 5.11 Å². The second kappa shape index (κ2) is 17.0. The molecule has 3 aromatic carbocycles. The van der Waals surface area contributed by atoms with E-state index in [1.54, 1.807) is 36.4 Å². The van der Waals surface area contributed by atoms with Crippen molar-refractivity contribution in [3.05, 3.63) is 89.5 Å². The molecule has 0 aliphatic carbocycles. The number of quaternary nitrogens is 1. The molecule has 0 bridgehead atoms. The minimum Gasteiger partial charge on any atom is -0.872 e. The van der Waals surface area contributed by atoms with Crippen molar-refractivity contribution in [2.24, 2.45) is 0 Å². The summed E-state index contributed by atoms with van der Waals surface area (Å²) < 4.78 is 1.42. The summed E-state index contributed by atoms with van der Waals surface area (Å²) in [6.45, 7) is 17.1. The number of rotatable bonds is 15. The normalized spacial score (nSPS) is 11.6. The molecule has 0 aliphatic rings. The first-order chi connectivity index (χ1) is 19.2. The summed E-state index contributed by atoms with van der Waals surface area (Å²) in [7, 11) is 0. The molecule has 0 saturated carbocycles. The van der Waals surface area contributed by atoms with Crippen LogP contribution in [0.15, 0.2) is 72.8 Å². The van der Waals surface area contributed by atoms with E-state index in [1.165, 1.54) is 82.0 Å². The van der Waals surface area contributed by atoms with Crippen molar-refractivity contribution in [3.63, 3.8) is 0 Å². The highest BCUT2D eigenvalue weighted by Crippen LogP contribution is 2.40. The highest BCUT2D eigenvalue weighted by atomic mass is 16.3. The Hall–Kier alpha value is -2.98. The molecule has 2 N–H and O–H groups in total. The molecule has 0 fully saturated rings. The van der Waals surface area contributed by atoms with E-state index >= 15 is 0 Å². The highest BCUT2D eigenvalue weighted by molar-refractivity contribution is 5.51. The van der Waals surface area contributed by atoms with Gasteiger partial charge in [-0.25, -0.2) is 0 Å². The van der Waals surface area contributed by atoms with Gasteiger partial charge in [-0.3, -0.25) is 0 Å². The van der Waals surface area contributed by atoms with Crippen LogP contribution in [0.2, 0.25) is 0 Å². The fourth-order valence-corrected chi connectivity index (χ4v) is 5.52. The Morgan fingerprint density at radius 3 is 1.07 bits per heavy atom. The molecule has 0 amide bonds. The lowest BCUT2D eigenvalue weighted by molar-refractivity contribution is -0.929. The average molecular weight is 548 g/mol. The van der Waals surface area contributed by atoms with E-state index in [4.69, 9.17) is 0 Å². The van der Waals surface area contributed by atoms with Gasteiger partial charge < -0.3 is 19.8 Å². The number of phenolic OH excluding ortho intramolecular Hbond substituents is 2. The van der Waals surface area contributed by atoms with E-state index in [-0.39, 0.29) is 17.2 Å². The summed E-state index contributed by atoms with van der Waals surface area (Å²) in [6.07, 6.45) is 11.1. The van der Waals surface area contributed by atoms with Crippen molar-refractivity contribution < 1.29 is 19.8 Å². The van der Waals surface area contributed by atoms with Crippen LogP contribution in [-0.4, -0.2) is 40.9 Å². The lowest BCUT2D eigenvalue weighted by Crippen LogP contribution is -2.50. The molecule has 4 nitrogen and oxygen atoms in total. The van der Waals surface area contributed by atoms with Gasteiger partial charge in [-0.2, -0.15) is 0 Å². The number of hydrogen-bond acceptors (Lipinski definition) is 3. The Kier molecular flexibility index (Phi) is 14.1. The zero-order valence-corrected chi connectivity index (χ0v) is 25.7. The summed E-state index contributed by atoms with van der Waals surface area (Å²) in [5.41, 5.74) is 2.43. The molecule has 0 aliphatic heterocycles. The lowest BCUT2D eigenvalue weighted by Gasteiger charge is -2.39. The van der Waals surface area contributed by atoms with Gasteiger partial charge in [0.25, 0.3) is 0 Å². The summed E-state index contributed by atoms with van der Waals surface area (Å²) in [4.78, 5) is 0. The second-order valence-electron chi connectivity index (χ2n) is 11.4. The van der Waals surface area contributed by atoms with Gasteiger partial charge in [0, 0.05) is 5.41 Å². The minimum atomic E-state index is -0.505. The van der Waals surface area contributed by atoms with Crippen LogP contribution >= 0.6 is 0 Å². The van der Waals surface area contributed by atoms with Crippen molar-refractivity contribution in [1.82, 2.24) is 0 Å². The lowest BCUT2D eigenvalue weighted by atomic mass is 9.71. The van der Waals surface area contributed by atoms with E-state index in [0.717, 1.165) is 16.7 Å². The average Bonchev–Trinajstić information content (AvgIpc) is 2.97.